The van der Waals surface area contributed by atoms with Crippen LogP contribution in [0.5, 0.6) is 0 Å². The molecule has 2 fully saturated rings. The van der Waals surface area contributed by atoms with E-state index in [1.54, 1.807) is 0 Å². The Morgan fingerprint density at radius 1 is 1.26 bits per heavy atom. The maximum atomic E-state index is 12.3. The van der Waals surface area contributed by atoms with E-state index in [1.165, 1.54) is 19.4 Å². The van der Waals surface area contributed by atoms with Gasteiger partial charge in [-0.15, -0.1) is 0 Å². The molecule has 0 bridgehead atoms. The lowest BCUT2D eigenvalue weighted by molar-refractivity contribution is 0.0220. The van der Waals surface area contributed by atoms with E-state index < -0.39 is 5.60 Å². The van der Waals surface area contributed by atoms with Crippen molar-refractivity contribution in [1.82, 2.24) is 15.1 Å². The molecule has 3 unspecified atom stereocenters. The number of likely N-dealkylation sites (tertiary alicyclic amines) is 2. The van der Waals surface area contributed by atoms with Gasteiger partial charge in [0.1, 0.15) is 5.60 Å². The van der Waals surface area contributed by atoms with E-state index in [-0.39, 0.29) is 6.09 Å². The predicted octanol–water partition coefficient (Wildman–Crippen LogP) is 2.85. The Morgan fingerprint density at radius 2 is 2.00 bits per heavy atom. The Bertz CT molecular complexity index is 394. The molecule has 1 N–H and O–H groups in total. The summed E-state index contributed by atoms with van der Waals surface area (Å²) < 4.78 is 5.54. The molecule has 23 heavy (non-hydrogen) atoms. The van der Waals surface area contributed by atoms with E-state index in [2.05, 4.69) is 24.2 Å². The van der Waals surface area contributed by atoms with Crippen molar-refractivity contribution in [3.05, 3.63) is 0 Å². The van der Waals surface area contributed by atoms with Crippen molar-refractivity contribution in [1.29, 1.82) is 0 Å². The summed E-state index contributed by atoms with van der Waals surface area (Å²) >= 11 is 0. The lowest BCUT2D eigenvalue weighted by Crippen LogP contribution is -2.46. The maximum absolute atomic E-state index is 12.3. The van der Waals surface area contributed by atoms with Gasteiger partial charge in [-0.2, -0.15) is 0 Å². The van der Waals surface area contributed by atoms with Crippen LogP contribution in [0.3, 0.4) is 0 Å². The molecule has 2 saturated heterocycles. The molecule has 2 aliphatic heterocycles. The van der Waals surface area contributed by atoms with Crippen molar-refractivity contribution in [2.75, 3.05) is 26.7 Å². The van der Waals surface area contributed by atoms with Gasteiger partial charge in [-0.05, 0) is 79.9 Å². The number of piperidine rings is 1. The molecule has 5 heteroatoms. The molecule has 1 amide bonds. The van der Waals surface area contributed by atoms with Crippen molar-refractivity contribution in [2.45, 2.75) is 83.5 Å². The summed E-state index contributed by atoms with van der Waals surface area (Å²) in [5.41, 5.74) is -0.410. The highest BCUT2D eigenvalue weighted by Crippen LogP contribution is 2.23. The third kappa shape index (κ3) is 5.64. The van der Waals surface area contributed by atoms with Crippen LogP contribution in [0.1, 0.15) is 59.8 Å². The molecule has 2 rings (SSSR count). The number of hydrogen-bond donors (Lipinski definition) is 1. The van der Waals surface area contributed by atoms with Gasteiger partial charge >= 0.3 is 6.09 Å². The molecule has 0 radical (unpaired) electrons. The zero-order valence-electron chi connectivity index (χ0n) is 15.6. The first-order valence-electron chi connectivity index (χ1n) is 9.19. The van der Waals surface area contributed by atoms with Crippen LogP contribution in [-0.2, 0) is 4.74 Å². The topological polar surface area (TPSA) is 44.8 Å². The van der Waals surface area contributed by atoms with Crippen molar-refractivity contribution >= 4 is 6.09 Å². The van der Waals surface area contributed by atoms with Crippen molar-refractivity contribution < 1.29 is 9.53 Å². The molecule has 0 saturated carbocycles. The second-order valence-electron chi connectivity index (χ2n) is 8.26. The third-order valence-corrected chi connectivity index (χ3v) is 5.12. The van der Waals surface area contributed by atoms with Crippen LogP contribution in [-0.4, -0.2) is 66.3 Å². The van der Waals surface area contributed by atoms with Gasteiger partial charge in [0.25, 0.3) is 0 Å². The normalized spacial score (nSPS) is 29.8. The molecule has 2 heterocycles. The first kappa shape index (κ1) is 18.5. The zero-order valence-corrected chi connectivity index (χ0v) is 15.6. The molecular formula is C18H35N3O2. The largest absolute Gasteiger partial charge is 0.444 e. The number of hydrogen-bond acceptors (Lipinski definition) is 4. The Hall–Kier alpha value is -0.810. The molecule has 0 spiro atoms. The Morgan fingerprint density at radius 3 is 2.65 bits per heavy atom. The lowest BCUT2D eigenvalue weighted by atomic mass is 9.98. The minimum Gasteiger partial charge on any atom is -0.444 e. The van der Waals surface area contributed by atoms with Gasteiger partial charge in [-0.1, -0.05) is 0 Å². The lowest BCUT2D eigenvalue weighted by Gasteiger charge is -2.36. The molecule has 0 aliphatic carbocycles. The Balaban J connectivity index is 1.73. The van der Waals surface area contributed by atoms with Crippen LogP contribution in [0.15, 0.2) is 0 Å². The van der Waals surface area contributed by atoms with Gasteiger partial charge in [0.15, 0.2) is 0 Å². The standard InChI is InChI=1S/C18H35N3O2/c1-14-13-15(9-12-20(14)5)19-10-8-16-7-6-11-21(16)17(22)23-18(2,3)4/h14-16,19H,6-13H2,1-5H3. The third-order valence-electron chi connectivity index (χ3n) is 5.12. The molecule has 0 aromatic carbocycles. The van der Waals surface area contributed by atoms with Crippen LogP contribution in [0.25, 0.3) is 0 Å². The van der Waals surface area contributed by atoms with Gasteiger partial charge in [-0.3, -0.25) is 0 Å². The molecule has 3 atom stereocenters. The SMILES string of the molecule is CC1CC(NCCC2CCCN2C(=O)OC(C)(C)C)CCN1C. The van der Waals surface area contributed by atoms with E-state index >= 15 is 0 Å². The number of nitrogens with one attached hydrogen (secondary N) is 1. The first-order chi connectivity index (χ1) is 10.8. The fourth-order valence-electron chi connectivity index (χ4n) is 3.63. The Kier molecular flexibility index (Phi) is 6.32. The number of carbonyl (C=O) groups excluding carboxylic acids is 1. The second-order valence-corrected chi connectivity index (χ2v) is 8.26. The number of amides is 1. The average Bonchev–Trinajstić information content (AvgIpc) is 2.89. The van der Waals surface area contributed by atoms with Crippen LogP contribution >= 0.6 is 0 Å². The summed E-state index contributed by atoms with van der Waals surface area (Å²) in [6.07, 6.45) is 5.52. The minimum atomic E-state index is -0.410. The molecule has 5 nitrogen and oxygen atoms in total. The summed E-state index contributed by atoms with van der Waals surface area (Å²) in [6, 6.07) is 1.62. The van der Waals surface area contributed by atoms with Crippen LogP contribution in [0.4, 0.5) is 4.79 Å². The number of ether oxygens (including phenoxy) is 1. The second kappa shape index (κ2) is 7.84. The van der Waals surface area contributed by atoms with E-state index in [4.69, 9.17) is 4.74 Å². The van der Waals surface area contributed by atoms with Crippen molar-refractivity contribution in [3.63, 3.8) is 0 Å². The average molecular weight is 325 g/mol. The van der Waals surface area contributed by atoms with E-state index in [0.29, 0.717) is 18.1 Å². The van der Waals surface area contributed by atoms with E-state index in [9.17, 15) is 4.79 Å². The molecular weight excluding hydrogens is 290 g/mol. The molecule has 0 aromatic rings. The van der Waals surface area contributed by atoms with Crippen molar-refractivity contribution in [2.24, 2.45) is 0 Å². The van der Waals surface area contributed by atoms with Gasteiger partial charge in [0.2, 0.25) is 0 Å². The zero-order chi connectivity index (χ0) is 17.0. The predicted molar refractivity (Wildman–Crippen MR) is 93.7 cm³/mol. The van der Waals surface area contributed by atoms with Crippen molar-refractivity contribution in [3.8, 4) is 0 Å². The van der Waals surface area contributed by atoms with Gasteiger partial charge in [-0.25, -0.2) is 4.79 Å². The van der Waals surface area contributed by atoms with Crippen LogP contribution in [0.2, 0.25) is 0 Å². The van der Waals surface area contributed by atoms with Gasteiger partial charge in [0, 0.05) is 24.7 Å². The first-order valence-corrected chi connectivity index (χ1v) is 9.19. The minimum absolute atomic E-state index is 0.145. The van der Waals surface area contributed by atoms with Gasteiger partial charge < -0.3 is 19.9 Å². The van der Waals surface area contributed by atoms with Crippen LogP contribution < -0.4 is 5.32 Å². The number of carbonyl (C=O) groups is 1. The summed E-state index contributed by atoms with van der Waals surface area (Å²) in [6.45, 7) is 11.1. The highest BCUT2D eigenvalue weighted by molar-refractivity contribution is 5.68. The highest BCUT2D eigenvalue weighted by atomic mass is 16.6. The quantitative estimate of drug-likeness (QED) is 0.863. The molecule has 2 aliphatic rings. The maximum Gasteiger partial charge on any atom is 0.410 e. The monoisotopic (exact) mass is 325 g/mol. The number of nitrogens with zero attached hydrogens (tertiary/aromatic N) is 2. The van der Waals surface area contributed by atoms with E-state index in [0.717, 1.165) is 32.4 Å². The summed E-state index contributed by atoms with van der Waals surface area (Å²) in [7, 11) is 2.21. The summed E-state index contributed by atoms with van der Waals surface area (Å²) in [4.78, 5) is 16.7. The molecule has 0 aromatic heterocycles. The van der Waals surface area contributed by atoms with Crippen LogP contribution in [0, 0.1) is 0 Å². The summed E-state index contributed by atoms with van der Waals surface area (Å²) in [5.74, 6) is 0. The fraction of sp³-hybridized carbons (Fsp3) is 0.944. The highest BCUT2D eigenvalue weighted by Gasteiger charge is 2.32. The van der Waals surface area contributed by atoms with E-state index in [1.807, 2.05) is 25.7 Å². The fourth-order valence-corrected chi connectivity index (χ4v) is 3.63. The summed E-state index contributed by atoms with van der Waals surface area (Å²) in [5, 5.41) is 3.70. The number of rotatable bonds is 4. The smallest absolute Gasteiger partial charge is 0.410 e. The van der Waals surface area contributed by atoms with Gasteiger partial charge in [0.05, 0.1) is 0 Å². The molecule has 134 valence electrons. The Labute approximate surface area is 141 Å².